The van der Waals surface area contributed by atoms with Gasteiger partial charge in [-0.15, -0.1) is 0 Å². The van der Waals surface area contributed by atoms with Gasteiger partial charge in [-0.3, -0.25) is 5.43 Å². The maximum absolute atomic E-state index is 5.40. The molecule has 3 nitrogen and oxygen atoms in total. The molecule has 4 rings (SSSR count). The van der Waals surface area contributed by atoms with Crippen LogP contribution in [0, 0.1) is 13.8 Å². The smallest absolute Gasteiger partial charge is 0.191 e. The topological polar surface area (TPSA) is 36.4 Å². The predicted octanol–water partition coefficient (Wildman–Crippen LogP) is 5.93. The highest BCUT2D eigenvalue weighted by molar-refractivity contribution is 7.80. The second-order valence-corrected chi connectivity index (χ2v) is 7.28. The second kappa shape index (κ2) is 7.79. The zero-order chi connectivity index (χ0) is 19.5. The van der Waals surface area contributed by atoms with Crippen LogP contribution < -0.4 is 10.7 Å². The number of hydrazone groups is 1. The third-order valence-corrected chi connectivity index (χ3v) is 5.00. The molecule has 0 bridgehead atoms. The molecule has 0 amide bonds. The Bertz CT molecular complexity index is 1160. The van der Waals surface area contributed by atoms with E-state index in [-0.39, 0.29) is 0 Å². The van der Waals surface area contributed by atoms with E-state index in [1.807, 2.05) is 24.4 Å². The lowest BCUT2D eigenvalue weighted by Gasteiger charge is -2.11. The number of rotatable bonds is 3. The number of fused-ring (bicyclic) bond motifs is 2. The fraction of sp³-hybridized carbons (Fsp3) is 0.0833. The Balaban J connectivity index is 1.60. The van der Waals surface area contributed by atoms with E-state index < -0.39 is 0 Å². The first-order valence-electron chi connectivity index (χ1n) is 9.19. The quantitative estimate of drug-likeness (QED) is 0.199. The minimum absolute atomic E-state index is 0.466. The number of thiocarbonyl (C=S) groups is 1. The van der Waals surface area contributed by atoms with Crippen molar-refractivity contribution < 1.29 is 0 Å². The van der Waals surface area contributed by atoms with Gasteiger partial charge in [-0.1, -0.05) is 66.2 Å². The molecule has 0 aliphatic rings. The van der Waals surface area contributed by atoms with Crippen LogP contribution in [0.1, 0.15) is 16.7 Å². The first-order valence-corrected chi connectivity index (χ1v) is 9.60. The van der Waals surface area contributed by atoms with E-state index in [2.05, 4.69) is 84.3 Å². The lowest BCUT2D eigenvalue weighted by atomic mass is 9.97. The lowest BCUT2D eigenvalue weighted by molar-refractivity contribution is 1.05. The Morgan fingerprint density at radius 1 is 0.857 bits per heavy atom. The third-order valence-electron chi connectivity index (χ3n) is 4.80. The van der Waals surface area contributed by atoms with Crippen molar-refractivity contribution in [2.45, 2.75) is 13.8 Å². The number of nitrogens with zero attached hydrogens (tertiary/aromatic N) is 1. The van der Waals surface area contributed by atoms with Crippen LogP contribution in [-0.2, 0) is 0 Å². The largest absolute Gasteiger partial charge is 0.331 e. The highest BCUT2D eigenvalue weighted by Gasteiger charge is 2.05. The third kappa shape index (κ3) is 3.73. The molecular weight excluding hydrogens is 362 g/mol. The van der Waals surface area contributed by atoms with Crippen molar-refractivity contribution in [3.05, 3.63) is 89.5 Å². The first-order chi connectivity index (χ1) is 13.6. The Morgan fingerprint density at radius 2 is 1.50 bits per heavy atom. The summed E-state index contributed by atoms with van der Waals surface area (Å²) in [5.74, 6) is 0. The van der Waals surface area contributed by atoms with Crippen molar-refractivity contribution in [2.24, 2.45) is 5.10 Å². The van der Waals surface area contributed by atoms with E-state index in [1.165, 1.54) is 27.1 Å². The van der Waals surface area contributed by atoms with Crippen molar-refractivity contribution in [1.29, 1.82) is 0 Å². The van der Waals surface area contributed by atoms with Crippen LogP contribution in [0.2, 0.25) is 0 Å². The van der Waals surface area contributed by atoms with Crippen molar-refractivity contribution >= 4 is 50.8 Å². The molecule has 0 aliphatic heterocycles. The van der Waals surface area contributed by atoms with Crippen molar-refractivity contribution in [3.63, 3.8) is 0 Å². The van der Waals surface area contributed by atoms with E-state index in [9.17, 15) is 0 Å². The molecule has 0 spiro atoms. The SMILES string of the molecule is Cc1ccc(NC(=S)NN=Cc2c3ccccc3cc3ccccc23)c(C)c1. The van der Waals surface area contributed by atoms with Crippen LogP contribution in [0.5, 0.6) is 0 Å². The van der Waals surface area contributed by atoms with Gasteiger partial charge in [0.05, 0.1) is 6.21 Å². The summed E-state index contributed by atoms with van der Waals surface area (Å²) in [5.41, 5.74) is 7.37. The molecule has 0 saturated carbocycles. The van der Waals surface area contributed by atoms with Gasteiger partial charge in [-0.05, 0) is 65.3 Å². The predicted molar refractivity (Wildman–Crippen MR) is 124 cm³/mol. The number of aryl methyl sites for hydroxylation is 2. The number of anilines is 1. The van der Waals surface area contributed by atoms with E-state index >= 15 is 0 Å². The van der Waals surface area contributed by atoms with Gasteiger partial charge in [-0.25, -0.2) is 0 Å². The molecular formula is C24H21N3S. The molecule has 0 saturated heterocycles. The average molecular weight is 384 g/mol. The molecule has 0 aromatic heterocycles. The highest BCUT2D eigenvalue weighted by Crippen LogP contribution is 2.27. The molecule has 4 aromatic carbocycles. The summed E-state index contributed by atoms with van der Waals surface area (Å²) < 4.78 is 0. The molecule has 0 unspecified atom stereocenters. The van der Waals surface area contributed by atoms with E-state index in [0.717, 1.165) is 16.8 Å². The van der Waals surface area contributed by atoms with Gasteiger partial charge >= 0.3 is 0 Å². The zero-order valence-electron chi connectivity index (χ0n) is 15.9. The van der Waals surface area contributed by atoms with Crippen LogP contribution in [0.25, 0.3) is 21.5 Å². The van der Waals surface area contributed by atoms with Gasteiger partial charge < -0.3 is 5.32 Å². The Labute approximate surface area is 170 Å². The van der Waals surface area contributed by atoms with Gasteiger partial charge in [0.25, 0.3) is 0 Å². The standard InChI is InChI=1S/C24H21N3S/c1-16-11-12-23(17(2)13-16)26-24(28)27-25-15-22-20-9-5-3-7-18(20)14-19-8-4-6-10-21(19)22/h3-15H,1-2H3,(H2,26,27,28). The minimum atomic E-state index is 0.466. The Morgan fingerprint density at radius 3 is 2.14 bits per heavy atom. The molecule has 28 heavy (non-hydrogen) atoms. The van der Waals surface area contributed by atoms with E-state index in [0.29, 0.717) is 5.11 Å². The first kappa shape index (κ1) is 18.1. The number of hydrogen-bond donors (Lipinski definition) is 2. The minimum Gasteiger partial charge on any atom is -0.331 e. The van der Waals surface area contributed by atoms with Gasteiger partial charge in [-0.2, -0.15) is 5.10 Å². The van der Waals surface area contributed by atoms with E-state index in [4.69, 9.17) is 12.2 Å². The summed E-state index contributed by atoms with van der Waals surface area (Å²) in [6.07, 6.45) is 1.85. The van der Waals surface area contributed by atoms with E-state index in [1.54, 1.807) is 0 Å². The lowest BCUT2D eigenvalue weighted by Crippen LogP contribution is -2.24. The van der Waals surface area contributed by atoms with Crippen LogP contribution in [0.15, 0.2) is 77.9 Å². The van der Waals surface area contributed by atoms with Gasteiger partial charge in [0.15, 0.2) is 5.11 Å². The maximum atomic E-state index is 5.40. The van der Waals surface area contributed by atoms with Crippen LogP contribution >= 0.6 is 12.2 Å². The maximum Gasteiger partial charge on any atom is 0.191 e. The van der Waals surface area contributed by atoms with Crippen molar-refractivity contribution in [3.8, 4) is 0 Å². The molecule has 0 atom stereocenters. The fourth-order valence-corrected chi connectivity index (χ4v) is 3.61. The average Bonchev–Trinajstić information content (AvgIpc) is 2.69. The number of nitrogens with one attached hydrogen (secondary N) is 2. The van der Waals surface area contributed by atoms with Gasteiger partial charge in [0.2, 0.25) is 0 Å². The fourth-order valence-electron chi connectivity index (χ4n) is 3.45. The molecule has 138 valence electrons. The summed E-state index contributed by atoms with van der Waals surface area (Å²) in [7, 11) is 0. The summed E-state index contributed by atoms with van der Waals surface area (Å²) in [6, 6.07) is 25.1. The van der Waals surface area contributed by atoms with Crippen LogP contribution in [0.4, 0.5) is 5.69 Å². The summed E-state index contributed by atoms with van der Waals surface area (Å²) in [6.45, 7) is 4.13. The summed E-state index contributed by atoms with van der Waals surface area (Å²) in [4.78, 5) is 0. The second-order valence-electron chi connectivity index (χ2n) is 6.88. The summed E-state index contributed by atoms with van der Waals surface area (Å²) in [5, 5.41) is 12.8. The normalized spacial score (nSPS) is 11.2. The van der Waals surface area contributed by atoms with Crippen LogP contribution in [0.3, 0.4) is 0 Å². The zero-order valence-corrected chi connectivity index (χ0v) is 16.7. The molecule has 0 heterocycles. The molecule has 0 fully saturated rings. The summed E-state index contributed by atoms with van der Waals surface area (Å²) >= 11 is 5.40. The van der Waals surface area contributed by atoms with Crippen molar-refractivity contribution in [2.75, 3.05) is 5.32 Å². The van der Waals surface area contributed by atoms with Crippen LogP contribution in [-0.4, -0.2) is 11.3 Å². The van der Waals surface area contributed by atoms with Crippen molar-refractivity contribution in [1.82, 2.24) is 5.43 Å². The van der Waals surface area contributed by atoms with Gasteiger partial charge in [0, 0.05) is 11.3 Å². The molecule has 4 heteroatoms. The molecule has 4 aromatic rings. The monoisotopic (exact) mass is 383 g/mol. The van der Waals surface area contributed by atoms with Gasteiger partial charge in [0.1, 0.15) is 0 Å². The number of hydrogen-bond acceptors (Lipinski definition) is 2. The molecule has 0 radical (unpaired) electrons. The highest BCUT2D eigenvalue weighted by atomic mass is 32.1. The Hall–Kier alpha value is -3.24. The molecule has 2 N–H and O–H groups in total. The molecule has 0 aliphatic carbocycles. The number of benzene rings is 4. The Kier molecular flexibility index (Phi) is 5.04.